The zero-order chi connectivity index (χ0) is 17.2. The fourth-order valence-corrected chi connectivity index (χ4v) is 5.02. The first-order chi connectivity index (χ1) is 9.90. The fourth-order valence-electron chi connectivity index (χ4n) is 2.01. The maximum Gasteiger partial charge on any atom is 0.327 e. The summed E-state index contributed by atoms with van der Waals surface area (Å²) >= 11 is 0. The Balaban J connectivity index is 2.53. The number of sulfone groups is 1. The smallest absolute Gasteiger partial charge is 0.327 e. The molecule has 5 nitrogen and oxygen atoms in total. The SMILES string of the molecule is CCOC(=O)C1(S(=O)(=O)CCCO[Si](C)(C)C(C)(C)C)CC1. The van der Waals surface area contributed by atoms with Crippen molar-refractivity contribution < 1.29 is 22.4 Å². The summed E-state index contributed by atoms with van der Waals surface area (Å²) in [4.78, 5) is 11.9. The quantitative estimate of drug-likeness (QED) is 0.382. The monoisotopic (exact) mass is 350 g/mol. The summed E-state index contributed by atoms with van der Waals surface area (Å²) in [5, 5.41) is 0.106. The van der Waals surface area contributed by atoms with Crippen LogP contribution >= 0.6 is 0 Å². The summed E-state index contributed by atoms with van der Waals surface area (Å²) in [5.41, 5.74) is 0. The van der Waals surface area contributed by atoms with Gasteiger partial charge < -0.3 is 9.16 Å². The van der Waals surface area contributed by atoms with Gasteiger partial charge in [0.2, 0.25) is 0 Å². The summed E-state index contributed by atoms with van der Waals surface area (Å²) in [6, 6.07) is 0. The Labute approximate surface area is 135 Å². The molecule has 0 N–H and O–H groups in total. The molecule has 1 aliphatic rings. The third-order valence-electron chi connectivity index (χ3n) is 4.77. The highest BCUT2D eigenvalue weighted by atomic mass is 32.2. The Kier molecular flexibility index (Phi) is 5.90. The second-order valence-electron chi connectivity index (χ2n) is 7.50. The van der Waals surface area contributed by atoms with Gasteiger partial charge in [0, 0.05) is 6.61 Å². The van der Waals surface area contributed by atoms with E-state index in [9.17, 15) is 13.2 Å². The summed E-state index contributed by atoms with van der Waals surface area (Å²) in [6.45, 7) is 13.1. The van der Waals surface area contributed by atoms with Crippen LogP contribution in [0.2, 0.25) is 18.1 Å². The molecule has 0 saturated heterocycles. The van der Waals surface area contributed by atoms with Gasteiger partial charge in [-0.05, 0) is 44.3 Å². The van der Waals surface area contributed by atoms with E-state index in [2.05, 4.69) is 33.9 Å². The molecular formula is C15H30O5SSi. The van der Waals surface area contributed by atoms with Crippen LogP contribution < -0.4 is 0 Å². The van der Waals surface area contributed by atoms with E-state index in [1.807, 2.05) is 0 Å². The Morgan fingerprint density at radius 3 is 2.18 bits per heavy atom. The van der Waals surface area contributed by atoms with Gasteiger partial charge in [-0.1, -0.05) is 20.8 Å². The van der Waals surface area contributed by atoms with Crippen LogP contribution in [0.5, 0.6) is 0 Å². The van der Waals surface area contributed by atoms with Gasteiger partial charge in [0.25, 0.3) is 0 Å². The highest BCUT2D eigenvalue weighted by Gasteiger charge is 2.61. The number of rotatable bonds is 8. The van der Waals surface area contributed by atoms with Crippen LogP contribution in [0.3, 0.4) is 0 Å². The maximum atomic E-state index is 12.4. The van der Waals surface area contributed by atoms with Crippen molar-refractivity contribution in [3.8, 4) is 0 Å². The molecule has 0 unspecified atom stereocenters. The zero-order valence-electron chi connectivity index (χ0n) is 14.7. The molecule has 0 radical (unpaired) electrons. The number of ether oxygens (including phenoxy) is 1. The Morgan fingerprint density at radius 1 is 1.23 bits per heavy atom. The maximum absolute atomic E-state index is 12.4. The normalized spacial score (nSPS) is 18.1. The van der Waals surface area contributed by atoms with E-state index in [0.29, 0.717) is 25.9 Å². The Bertz CT molecular complexity index is 501. The van der Waals surface area contributed by atoms with Gasteiger partial charge in [0.05, 0.1) is 12.4 Å². The average Bonchev–Trinajstić information content (AvgIpc) is 3.15. The molecule has 7 heteroatoms. The van der Waals surface area contributed by atoms with Crippen LogP contribution in [0.15, 0.2) is 0 Å². The van der Waals surface area contributed by atoms with Crippen molar-refractivity contribution in [2.75, 3.05) is 19.0 Å². The van der Waals surface area contributed by atoms with Gasteiger partial charge in [-0.2, -0.15) is 0 Å². The first kappa shape index (κ1) is 19.6. The van der Waals surface area contributed by atoms with E-state index in [-0.39, 0.29) is 17.4 Å². The lowest BCUT2D eigenvalue weighted by Gasteiger charge is -2.36. The lowest BCUT2D eigenvalue weighted by Crippen LogP contribution is -2.41. The first-order valence-electron chi connectivity index (χ1n) is 7.93. The van der Waals surface area contributed by atoms with E-state index in [1.54, 1.807) is 6.92 Å². The Morgan fingerprint density at radius 2 is 1.77 bits per heavy atom. The van der Waals surface area contributed by atoms with Crippen molar-refractivity contribution in [1.82, 2.24) is 0 Å². The molecule has 22 heavy (non-hydrogen) atoms. The average molecular weight is 351 g/mol. The summed E-state index contributed by atoms with van der Waals surface area (Å²) < 4.78 is 34.5. The van der Waals surface area contributed by atoms with Crippen molar-refractivity contribution >= 4 is 24.1 Å². The van der Waals surface area contributed by atoms with Gasteiger partial charge in [0.1, 0.15) is 0 Å². The summed E-state index contributed by atoms with van der Waals surface area (Å²) in [5.74, 6) is -0.596. The topological polar surface area (TPSA) is 69.7 Å². The van der Waals surface area contributed by atoms with Crippen molar-refractivity contribution in [2.45, 2.75) is 69.8 Å². The molecule has 0 aliphatic heterocycles. The van der Waals surface area contributed by atoms with Gasteiger partial charge >= 0.3 is 5.97 Å². The molecule has 0 aromatic rings. The molecule has 1 fully saturated rings. The molecule has 0 aromatic carbocycles. The second-order valence-corrected chi connectivity index (χ2v) is 14.7. The molecule has 0 heterocycles. The predicted octanol–water partition coefficient (Wildman–Crippen LogP) is 2.91. The molecule has 130 valence electrons. The van der Waals surface area contributed by atoms with E-state index >= 15 is 0 Å². The third kappa shape index (κ3) is 4.11. The van der Waals surface area contributed by atoms with E-state index in [1.165, 1.54) is 0 Å². The van der Waals surface area contributed by atoms with E-state index in [4.69, 9.17) is 9.16 Å². The van der Waals surface area contributed by atoms with Crippen LogP contribution in [0.1, 0.15) is 47.0 Å². The van der Waals surface area contributed by atoms with Crippen LogP contribution in [0.25, 0.3) is 0 Å². The largest absolute Gasteiger partial charge is 0.465 e. The van der Waals surface area contributed by atoms with Gasteiger partial charge in [-0.25, -0.2) is 8.42 Å². The van der Waals surface area contributed by atoms with E-state index < -0.39 is 28.9 Å². The molecule has 1 rings (SSSR count). The first-order valence-corrected chi connectivity index (χ1v) is 12.5. The van der Waals surface area contributed by atoms with Gasteiger partial charge in [0.15, 0.2) is 22.9 Å². The molecular weight excluding hydrogens is 320 g/mol. The molecule has 0 aromatic heterocycles. The van der Waals surface area contributed by atoms with Crippen molar-refractivity contribution in [3.05, 3.63) is 0 Å². The molecule has 0 bridgehead atoms. The molecule has 1 aliphatic carbocycles. The van der Waals surface area contributed by atoms with Crippen molar-refractivity contribution in [3.63, 3.8) is 0 Å². The second kappa shape index (κ2) is 6.61. The molecule has 0 atom stereocenters. The minimum Gasteiger partial charge on any atom is -0.465 e. The van der Waals surface area contributed by atoms with E-state index in [0.717, 1.165) is 0 Å². The highest BCUT2D eigenvalue weighted by Crippen LogP contribution is 2.45. The lowest BCUT2D eigenvalue weighted by atomic mass is 10.2. The fraction of sp³-hybridized carbons (Fsp3) is 0.933. The third-order valence-corrected chi connectivity index (χ3v) is 11.9. The standard InChI is InChI=1S/C15H30O5SSi/c1-7-19-13(16)15(9-10-15)21(17,18)12-8-11-20-22(5,6)14(2,3)4/h7-12H2,1-6H3. The summed E-state index contributed by atoms with van der Waals surface area (Å²) in [7, 11) is -5.31. The number of hydrogen-bond acceptors (Lipinski definition) is 5. The number of esters is 1. The summed E-state index contributed by atoms with van der Waals surface area (Å²) in [6.07, 6.45) is 1.20. The molecule has 0 spiro atoms. The van der Waals surface area contributed by atoms with Gasteiger partial charge in [-0.3, -0.25) is 4.79 Å². The number of hydrogen-bond donors (Lipinski definition) is 0. The van der Waals surface area contributed by atoms with Crippen LogP contribution in [0, 0.1) is 0 Å². The minimum absolute atomic E-state index is 0.0135. The molecule has 1 saturated carbocycles. The van der Waals surface area contributed by atoms with Crippen molar-refractivity contribution in [2.24, 2.45) is 0 Å². The zero-order valence-corrected chi connectivity index (χ0v) is 16.5. The predicted molar refractivity (Wildman–Crippen MR) is 90.2 cm³/mol. The number of carbonyl (C=O) groups excluding carboxylic acids is 1. The minimum atomic E-state index is -3.46. The Hall–Kier alpha value is -0.403. The van der Waals surface area contributed by atoms with Gasteiger partial charge in [-0.15, -0.1) is 0 Å². The van der Waals surface area contributed by atoms with Crippen LogP contribution in [-0.2, 0) is 23.8 Å². The van der Waals surface area contributed by atoms with Crippen molar-refractivity contribution in [1.29, 1.82) is 0 Å². The van der Waals surface area contributed by atoms with Crippen LogP contribution in [0.4, 0.5) is 0 Å². The highest BCUT2D eigenvalue weighted by molar-refractivity contribution is 7.93. The van der Waals surface area contributed by atoms with Crippen LogP contribution in [-0.4, -0.2) is 46.4 Å². The lowest BCUT2D eigenvalue weighted by molar-refractivity contribution is -0.143. The molecule has 0 amide bonds. The number of carbonyl (C=O) groups is 1.